The third kappa shape index (κ3) is 6.47. The molecule has 0 aliphatic carbocycles. The molecule has 1 rings (SSSR count). The lowest BCUT2D eigenvalue weighted by molar-refractivity contribution is 0.429. The SMILES string of the molecule is CCN(CC)P(c1cc(C)c(P(N(CC)CC)N(CC)CC)cc1C)N(CC)CC. The molecule has 0 aromatic heterocycles. The number of hydrogen-bond acceptors (Lipinski definition) is 4. The molecule has 30 heavy (non-hydrogen) atoms. The molecule has 0 aliphatic rings. The van der Waals surface area contributed by atoms with E-state index in [4.69, 9.17) is 0 Å². The van der Waals surface area contributed by atoms with Gasteiger partial charge in [0.2, 0.25) is 0 Å². The maximum Gasteiger partial charge on any atom is 0.0726 e. The molecule has 0 saturated heterocycles. The Bertz CT molecular complexity index is 532. The Morgan fingerprint density at radius 3 is 0.833 bits per heavy atom. The van der Waals surface area contributed by atoms with Gasteiger partial charge in [-0.05, 0) is 37.1 Å². The van der Waals surface area contributed by atoms with E-state index >= 15 is 0 Å². The van der Waals surface area contributed by atoms with E-state index in [1.165, 1.54) is 11.1 Å². The summed E-state index contributed by atoms with van der Waals surface area (Å²) in [6.07, 6.45) is 0. The van der Waals surface area contributed by atoms with Crippen molar-refractivity contribution in [1.29, 1.82) is 0 Å². The van der Waals surface area contributed by atoms with Crippen LogP contribution in [0.15, 0.2) is 12.1 Å². The first-order chi connectivity index (χ1) is 14.4. The summed E-state index contributed by atoms with van der Waals surface area (Å²) < 4.78 is 10.7. The molecule has 1 aromatic rings. The van der Waals surface area contributed by atoms with Crippen LogP contribution in [0.25, 0.3) is 0 Å². The zero-order chi connectivity index (χ0) is 22.8. The fraction of sp³-hybridized carbons (Fsp3) is 0.750. The number of benzene rings is 1. The van der Waals surface area contributed by atoms with Crippen molar-refractivity contribution in [3.05, 3.63) is 23.3 Å². The molecule has 1 aromatic carbocycles. The molecule has 4 nitrogen and oxygen atoms in total. The Morgan fingerprint density at radius 2 is 0.667 bits per heavy atom. The second-order valence-corrected chi connectivity index (χ2v) is 11.9. The van der Waals surface area contributed by atoms with Gasteiger partial charge < -0.3 is 0 Å². The average Bonchev–Trinajstić information content (AvgIpc) is 2.76. The number of hydrogen-bond donors (Lipinski definition) is 0. The van der Waals surface area contributed by atoms with Crippen molar-refractivity contribution in [2.75, 3.05) is 52.4 Å². The quantitative estimate of drug-likeness (QED) is 0.342. The van der Waals surface area contributed by atoms with Crippen LogP contribution >= 0.6 is 16.4 Å². The molecule has 0 heterocycles. The largest absolute Gasteiger partial charge is 0.267 e. The summed E-state index contributed by atoms with van der Waals surface area (Å²) in [6, 6.07) is 5.07. The Kier molecular flexibility index (Phi) is 13.2. The summed E-state index contributed by atoms with van der Waals surface area (Å²) in [7, 11) is -0.900. The molecule has 0 saturated carbocycles. The van der Waals surface area contributed by atoms with Crippen molar-refractivity contribution < 1.29 is 0 Å². The van der Waals surface area contributed by atoms with Crippen molar-refractivity contribution in [2.24, 2.45) is 0 Å². The molecule has 0 bridgehead atoms. The van der Waals surface area contributed by atoms with Crippen LogP contribution in [0.2, 0.25) is 0 Å². The number of rotatable bonds is 14. The van der Waals surface area contributed by atoms with Gasteiger partial charge in [-0.2, -0.15) is 0 Å². The van der Waals surface area contributed by atoms with Gasteiger partial charge in [-0.3, -0.25) is 18.7 Å². The Hall–Kier alpha value is -0.0800. The lowest BCUT2D eigenvalue weighted by Gasteiger charge is -2.41. The van der Waals surface area contributed by atoms with E-state index in [0.29, 0.717) is 0 Å². The lowest BCUT2D eigenvalue weighted by atomic mass is 10.2. The van der Waals surface area contributed by atoms with E-state index < -0.39 is 16.4 Å². The third-order valence-electron chi connectivity index (χ3n) is 5.94. The monoisotopic (exact) mass is 454 g/mol. The minimum absolute atomic E-state index is 0.450. The topological polar surface area (TPSA) is 13.0 Å². The van der Waals surface area contributed by atoms with Crippen LogP contribution in [0, 0.1) is 13.8 Å². The Morgan fingerprint density at radius 1 is 0.467 bits per heavy atom. The van der Waals surface area contributed by atoms with Crippen LogP contribution in [0.5, 0.6) is 0 Å². The summed E-state index contributed by atoms with van der Waals surface area (Å²) in [5, 5.41) is 3.10. The summed E-state index contributed by atoms with van der Waals surface area (Å²) >= 11 is 0. The fourth-order valence-electron chi connectivity index (χ4n) is 4.15. The predicted octanol–water partition coefficient (Wildman–Crippen LogP) is 5.55. The molecule has 0 unspecified atom stereocenters. The normalized spacial score (nSPS) is 12.5. The van der Waals surface area contributed by atoms with Crippen molar-refractivity contribution in [3.8, 4) is 0 Å². The van der Waals surface area contributed by atoms with E-state index in [9.17, 15) is 0 Å². The minimum atomic E-state index is -0.450. The van der Waals surface area contributed by atoms with Gasteiger partial charge in [0.15, 0.2) is 0 Å². The van der Waals surface area contributed by atoms with Crippen LogP contribution in [-0.4, -0.2) is 71.0 Å². The van der Waals surface area contributed by atoms with Crippen molar-refractivity contribution in [3.63, 3.8) is 0 Å². The number of nitrogens with zero attached hydrogens (tertiary/aromatic N) is 4. The fourth-order valence-corrected chi connectivity index (χ4v) is 9.61. The van der Waals surface area contributed by atoms with E-state index in [1.54, 1.807) is 10.6 Å². The van der Waals surface area contributed by atoms with Gasteiger partial charge in [0, 0.05) is 63.0 Å². The first-order valence-electron chi connectivity index (χ1n) is 12.1. The van der Waals surface area contributed by atoms with E-state index in [0.717, 1.165) is 52.4 Å². The first-order valence-corrected chi connectivity index (χ1v) is 14.6. The van der Waals surface area contributed by atoms with E-state index in [-0.39, 0.29) is 0 Å². The highest BCUT2D eigenvalue weighted by Crippen LogP contribution is 2.47. The van der Waals surface area contributed by atoms with Crippen LogP contribution in [-0.2, 0) is 0 Å². The van der Waals surface area contributed by atoms with Gasteiger partial charge in [-0.15, -0.1) is 0 Å². The first kappa shape index (κ1) is 28.0. The molecular weight excluding hydrogens is 406 g/mol. The second-order valence-electron chi connectivity index (χ2n) is 7.56. The van der Waals surface area contributed by atoms with Crippen molar-refractivity contribution in [2.45, 2.75) is 69.2 Å². The summed E-state index contributed by atoms with van der Waals surface area (Å²) in [5.74, 6) is 0. The zero-order valence-corrected chi connectivity index (χ0v) is 23.3. The summed E-state index contributed by atoms with van der Waals surface area (Å²) in [6.45, 7) is 31.9. The van der Waals surface area contributed by atoms with Gasteiger partial charge in [0.25, 0.3) is 0 Å². The predicted molar refractivity (Wildman–Crippen MR) is 141 cm³/mol. The highest BCUT2D eigenvalue weighted by Gasteiger charge is 2.29. The third-order valence-corrected chi connectivity index (χ3v) is 12.2. The van der Waals surface area contributed by atoms with Gasteiger partial charge in [-0.1, -0.05) is 55.4 Å². The van der Waals surface area contributed by atoms with Gasteiger partial charge >= 0.3 is 0 Å². The molecule has 0 radical (unpaired) electrons. The van der Waals surface area contributed by atoms with Gasteiger partial charge in [-0.25, -0.2) is 0 Å². The van der Waals surface area contributed by atoms with Crippen LogP contribution < -0.4 is 10.6 Å². The molecule has 0 fully saturated rings. The van der Waals surface area contributed by atoms with Crippen LogP contribution in [0.1, 0.15) is 66.5 Å². The standard InChI is InChI=1S/C24H48N4P2/c1-11-25(12-2)29(26(13-3)14-4)23-19-22(10)24(20-21(23)9)30(27(15-5)16-6)28(17-7)18-8/h19-20H,11-18H2,1-10H3. The second kappa shape index (κ2) is 14.1. The van der Waals surface area contributed by atoms with E-state index in [2.05, 4.69) is 100 Å². The maximum absolute atomic E-state index is 2.67. The maximum atomic E-state index is 2.67. The minimum Gasteiger partial charge on any atom is -0.267 e. The molecule has 6 heteroatoms. The highest BCUT2D eigenvalue weighted by molar-refractivity contribution is 7.62. The zero-order valence-electron chi connectivity index (χ0n) is 21.5. The Balaban J connectivity index is 3.59. The highest BCUT2D eigenvalue weighted by atomic mass is 31.1. The van der Waals surface area contributed by atoms with Crippen molar-refractivity contribution >= 4 is 27.1 Å². The summed E-state index contributed by atoms with van der Waals surface area (Å²) in [4.78, 5) is 0. The van der Waals surface area contributed by atoms with Crippen LogP contribution in [0.3, 0.4) is 0 Å². The molecule has 174 valence electrons. The lowest BCUT2D eigenvalue weighted by Crippen LogP contribution is -2.37. The molecule has 0 spiro atoms. The summed E-state index contributed by atoms with van der Waals surface area (Å²) in [5.41, 5.74) is 2.93. The molecule has 0 aliphatic heterocycles. The Labute approximate surface area is 190 Å². The van der Waals surface area contributed by atoms with Gasteiger partial charge in [0.05, 0.1) is 16.4 Å². The molecular formula is C24H48N4P2. The molecule has 0 N–H and O–H groups in total. The van der Waals surface area contributed by atoms with E-state index in [1.807, 2.05) is 0 Å². The smallest absolute Gasteiger partial charge is 0.0726 e. The average molecular weight is 455 g/mol. The molecule has 0 atom stereocenters. The molecule has 0 amide bonds. The van der Waals surface area contributed by atoms with Gasteiger partial charge in [0.1, 0.15) is 0 Å². The van der Waals surface area contributed by atoms with Crippen molar-refractivity contribution in [1.82, 2.24) is 18.7 Å². The number of aryl methyl sites for hydroxylation is 2. The van der Waals surface area contributed by atoms with Crippen LogP contribution in [0.4, 0.5) is 0 Å².